The van der Waals surface area contributed by atoms with E-state index in [4.69, 9.17) is 16.0 Å². The van der Waals surface area contributed by atoms with Crippen LogP contribution in [0.1, 0.15) is 42.8 Å². The van der Waals surface area contributed by atoms with Gasteiger partial charge in [-0.05, 0) is 25.6 Å². The molecule has 0 fully saturated rings. The van der Waals surface area contributed by atoms with Crippen molar-refractivity contribution in [3.05, 3.63) is 40.1 Å². The van der Waals surface area contributed by atoms with Crippen LogP contribution in [0.4, 0.5) is 0 Å². The minimum absolute atomic E-state index is 0.105. The molecule has 0 aliphatic rings. The zero-order chi connectivity index (χ0) is 14.7. The van der Waals surface area contributed by atoms with Gasteiger partial charge in [0.25, 0.3) is 0 Å². The van der Waals surface area contributed by atoms with Gasteiger partial charge in [-0.3, -0.25) is 4.68 Å². The van der Waals surface area contributed by atoms with Crippen molar-refractivity contribution in [1.82, 2.24) is 15.1 Å². The zero-order valence-electron chi connectivity index (χ0n) is 12.5. The number of aryl methyl sites for hydroxylation is 3. The number of nitrogens with one attached hydrogen (secondary N) is 1. The fourth-order valence-corrected chi connectivity index (χ4v) is 2.72. The largest absolute Gasteiger partial charge is 0.464 e. The molecule has 1 atom stereocenters. The quantitative estimate of drug-likeness (QED) is 0.889. The van der Waals surface area contributed by atoms with E-state index in [-0.39, 0.29) is 6.04 Å². The first kappa shape index (κ1) is 15.1. The number of furan rings is 1. The van der Waals surface area contributed by atoms with Gasteiger partial charge in [0.15, 0.2) is 0 Å². The Balaban J connectivity index is 2.24. The highest BCUT2D eigenvalue weighted by atomic mass is 35.5. The third-order valence-corrected chi connectivity index (χ3v) is 4.06. The molecule has 1 unspecified atom stereocenters. The number of aromatic nitrogens is 2. The molecule has 4 nitrogen and oxygen atoms in total. The van der Waals surface area contributed by atoms with Crippen molar-refractivity contribution in [2.24, 2.45) is 7.05 Å². The van der Waals surface area contributed by atoms with Crippen LogP contribution in [0.15, 0.2) is 16.5 Å². The number of hydrogen-bond acceptors (Lipinski definition) is 3. The van der Waals surface area contributed by atoms with Gasteiger partial charge in [-0.15, -0.1) is 0 Å². The summed E-state index contributed by atoms with van der Waals surface area (Å²) in [6.45, 7) is 4.15. The van der Waals surface area contributed by atoms with Crippen LogP contribution in [0, 0.1) is 0 Å². The Kier molecular flexibility index (Phi) is 4.89. The van der Waals surface area contributed by atoms with Gasteiger partial charge in [0, 0.05) is 19.9 Å². The van der Waals surface area contributed by atoms with E-state index in [9.17, 15) is 0 Å². The maximum atomic E-state index is 6.41. The van der Waals surface area contributed by atoms with Crippen LogP contribution in [0.3, 0.4) is 0 Å². The molecule has 2 rings (SSSR count). The Morgan fingerprint density at radius 2 is 2.10 bits per heavy atom. The molecule has 2 aromatic rings. The van der Waals surface area contributed by atoms with Crippen molar-refractivity contribution >= 4 is 11.6 Å². The van der Waals surface area contributed by atoms with Crippen molar-refractivity contribution in [2.75, 3.05) is 7.05 Å². The molecule has 0 bridgehead atoms. The minimum atomic E-state index is 0.105. The van der Waals surface area contributed by atoms with Crippen molar-refractivity contribution in [2.45, 2.75) is 39.2 Å². The maximum Gasteiger partial charge on any atom is 0.121 e. The second-order valence-corrected chi connectivity index (χ2v) is 5.27. The molecule has 110 valence electrons. The summed E-state index contributed by atoms with van der Waals surface area (Å²) >= 11 is 6.41. The first-order valence-electron chi connectivity index (χ1n) is 7.06. The molecule has 0 saturated heterocycles. The highest BCUT2D eigenvalue weighted by Crippen LogP contribution is 2.27. The summed E-state index contributed by atoms with van der Waals surface area (Å²) in [4.78, 5) is 0. The van der Waals surface area contributed by atoms with Gasteiger partial charge in [0.1, 0.15) is 11.5 Å². The van der Waals surface area contributed by atoms with Gasteiger partial charge in [0.05, 0.1) is 22.5 Å². The third-order valence-electron chi connectivity index (χ3n) is 3.62. The fraction of sp³-hybridized carbons (Fsp3) is 0.533. The monoisotopic (exact) mass is 295 g/mol. The van der Waals surface area contributed by atoms with Gasteiger partial charge < -0.3 is 9.73 Å². The molecule has 1 N–H and O–H groups in total. The van der Waals surface area contributed by atoms with E-state index in [1.165, 1.54) is 0 Å². The van der Waals surface area contributed by atoms with Gasteiger partial charge in [-0.25, -0.2) is 0 Å². The molecule has 5 heteroatoms. The van der Waals surface area contributed by atoms with Crippen molar-refractivity contribution in [3.8, 4) is 0 Å². The Morgan fingerprint density at radius 1 is 1.35 bits per heavy atom. The van der Waals surface area contributed by atoms with Crippen LogP contribution >= 0.6 is 11.6 Å². The first-order chi connectivity index (χ1) is 9.60. The fourth-order valence-electron chi connectivity index (χ4n) is 2.35. The van der Waals surface area contributed by atoms with E-state index in [0.29, 0.717) is 0 Å². The highest BCUT2D eigenvalue weighted by Gasteiger charge is 2.20. The highest BCUT2D eigenvalue weighted by molar-refractivity contribution is 6.31. The third kappa shape index (κ3) is 2.91. The summed E-state index contributed by atoms with van der Waals surface area (Å²) in [6.07, 6.45) is 2.51. The lowest BCUT2D eigenvalue weighted by Gasteiger charge is -2.14. The predicted molar refractivity (Wildman–Crippen MR) is 81.2 cm³/mol. The van der Waals surface area contributed by atoms with Crippen LogP contribution < -0.4 is 5.32 Å². The number of hydrogen-bond donors (Lipinski definition) is 1. The molecule has 20 heavy (non-hydrogen) atoms. The lowest BCUT2D eigenvalue weighted by atomic mass is 10.1. The SMILES string of the molecule is CCc1ccc(C(Cc2c(Cl)c(CC)nn2C)NC)o1. The van der Waals surface area contributed by atoms with E-state index in [1.807, 2.05) is 30.9 Å². The zero-order valence-corrected chi connectivity index (χ0v) is 13.3. The molecule has 0 radical (unpaired) electrons. The number of rotatable bonds is 6. The van der Waals surface area contributed by atoms with Crippen LogP contribution in [-0.2, 0) is 26.3 Å². The Hall–Kier alpha value is -1.26. The molecule has 0 saturated carbocycles. The molecular formula is C15H22ClN3O. The second-order valence-electron chi connectivity index (χ2n) is 4.89. The summed E-state index contributed by atoms with van der Waals surface area (Å²) < 4.78 is 7.71. The van der Waals surface area contributed by atoms with Crippen molar-refractivity contribution < 1.29 is 4.42 Å². The number of halogens is 1. The molecule has 0 aromatic carbocycles. The summed E-state index contributed by atoms with van der Waals surface area (Å²) in [5.41, 5.74) is 1.99. The Labute approximate surface area is 125 Å². The summed E-state index contributed by atoms with van der Waals surface area (Å²) in [5, 5.41) is 8.53. The van der Waals surface area contributed by atoms with Gasteiger partial charge >= 0.3 is 0 Å². The molecular weight excluding hydrogens is 274 g/mol. The smallest absolute Gasteiger partial charge is 0.121 e. The minimum Gasteiger partial charge on any atom is -0.464 e. The van der Waals surface area contributed by atoms with Crippen LogP contribution in [0.5, 0.6) is 0 Å². The van der Waals surface area contributed by atoms with E-state index >= 15 is 0 Å². The molecule has 0 spiro atoms. The van der Waals surface area contributed by atoms with E-state index in [2.05, 4.69) is 24.3 Å². The van der Waals surface area contributed by atoms with Crippen molar-refractivity contribution in [3.63, 3.8) is 0 Å². The average molecular weight is 296 g/mol. The maximum absolute atomic E-state index is 6.41. The second kappa shape index (κ2) is 6.46. The van der Waals surface area contributed by atoms with E-state index < -0.39 is 0 Å². The van der Waals surface area contributed by atoms with Crippen LogP contribution in [0.25, 0.3) is 0 Å². The van der Waals surface area contributed by atoms with Gasteiger partial charge in [0.2, 0.25) is 0 Å². The molecule has 2 heterocycles. The number of nitrogens with zero attached hydrogens (tertiary/aromatic N) is 2. The lowest BCUT2D eigenvalue weighted by molar-refractivity contribution is 0.402. The predicted octanol–water partition coefficient (Wildman–Crippen LogP) is 3.29. The normalized spacial score (nSPS) is 12.8. The lowest BCUT2D eigenvalue weighted by Crippen LogP contribution is -2.19. The topological polar surface area (TPSA) is 43.0 Å². The summed E-state index contributed by atoms with van der Waals surface area (Å²) in [6, 6.07) is 4.17. The molecule has 0 amide bonds. The average Bonchev–Trinajstić information content (AvgIpc) is 3.02. The summed E-state index contributed by atoms with van der Waals surface area (Å²) in [5.74, 6) is 1.95. The van der Waals surface area contributed by atoms with E-state index in [1.54, 1.807) is 0 Å². The Morgan fingerprint density at radius 3 is 2.60 bits per heavy atom. The van der Waals surface area contributed by atoms with E-state index in [0.717, 1.165) is 47.2 Å². The standard InChI is InChI=1S/C15H22ClN3O/c1-5-10-7-8-14(20-10)12(17-3)9-13-15(16)11(6-2)18-19(13)4/h7-8,12,17H,5-6,9H2,1-4H3. The van der Waals surface area contributed by atoms with Gasteiger partial charge in [-0.2, -0.15) is 5.10 Å². The van der Waals surface area contributed by atoms with Crippen molar-refractivity contribution in [1.29, 1.82) is 0 Å². The van der Waals surface area contributed by atoms with Crippen LogP contribution in [-0.4, -0.2) is 16.8 Å². The summed E-state index contributed by atoms with van der Waals surface area (Å²) in [7, 11) is 3.87. The van der Waals surface area contributed by atoms with Crippen LogP contribution in [0.2, 0.25) is 5.02 Å². The molecule has 2 aromatic heterocycles. The number of likely N-dealkylation sites (N-methyl/N-ethyl adjacent to an activating group) is 1. The Bertz CT molecular complexity index is 574. The molecule has 0 aliphatic carbocycles. The van der Waals surface area contributed by atoms with Gasteiger partial charge in [-0.1, -0.05) is 25.4 Å². The molecule has 0 aliphatic heterocycles. The first-order valence-corrected chi connectivity index (χ1v) is 7.44.